The van der Waals surface area contributed by atoms with Gasteiger partial charge in [-0.05, 0) is 37.5 Å². The molecular weight excluding hydrogens is 270 g/mol. The van der Waals surface area contributed by atoms with Crippen molar-refractivity contribution < 1.29 is 4.79 Å². The molecule has 2 aliphatic heterocycles. The van der Waals surface area contributed by atoms with Crippen molar-refractivity contribution in [2.45, 2.75) is 32.2 Å². The summed E-state index contributed by atoms with van der Waals surface area (Å²) in [5, 5.41) is 0. The zero-order valence-corrected chi connectivity index (χ0v) is 13.0. The number of hydrogen-bond donors (Lipinski definition) is 0. The molecule has 110 valence electrons. The average Bonchev–Trinajstić information content (AvgIpc) is 2.83. The van der Waals surface area contributed by atoms with Crippen molar-refractivity contribution in [3.8, 4) is 0 Å². The topological polar surface area (TPSA) is 20.3 Å². The fourth-order valence-electron chi connectivity index (χ4n) is 3.67. The normalized spacial score (nSPS) is 23.1. The fourth-order valence-corrected chi connectivity index (χ4v) is 3.67. The number of carbonyl (C=O) groups is 1. The lowest BCUT2D eigenvalue weighted by Gasteiger charge is -2.39. The van der Waals surface area contributed by atoms with Crippen LogP contribution >= 0.6 is 0 Å². The van der Waals surface area contributed by atoms with Gasteiger partial charge in [0.25, 0.3) is 0 Å². The molecule has 1 unspecified atom stereocenters. The minimum atomic E-state index is -0.203. The van der Waals surface area contributed by atoms with Crippen LogP contribution < -0.4 is 4.90 Å². The molecule has 2 aromatic carbocycles. The monoisotopic (exact) mass is 289 g/mol. The number of aryl methyl sites for hydroxylation is 1. The van der Waals surface area contributed by atoms with Gasteiger partial charge < -0.3 is 4.90 Å². The second kappa shape index (κ2) is 4.57. The third-order valence-corrected chi connectivity index (χ3v) is 4.86. The van der Waals surface area contributed by atoms with E-state index in [9.17, 15) is 4.79 Å². The van der Waals surface area contributed by atoms with Crippen LogP contribution in [0.2, 0.25) is 0 Å². The quantitative estimate of drug-likeness (QED) is 0.765. The van der Waals surface area contributed by atoms with E-state index in [1.165, 1.54) is 16.7 Å². The molecule has 0 aromatic heterocycles. The van der Waals surface area contributed by atoms with E-state index in [0.29, 0.717) is 6.42 Å². The summed E-state index contributed by atoms with van der Waals surface area (Å²) < 4.78 is 0. The zero-order chi connectivity index (χ0) is 15.3. The van der Waals surface area contributed by atoms with Gasteiger partial charge in [0.15, 0.2) is 0 Å². The number of hydrogen-bond acceptors (Lipinski definition) is 1. The first-order valence-electron chi connectivity index (χ1n) is 7.81. The molecule has 4 rings (SSSR count). The van der Waals surface area contributed by atoms with Crippen molar-refractivity contribution in [1.29, 1.82) is 0 Å². The van der Waals surface area contributed by atoms with Crippen LogP contribution in [-0.4, -0.2) is 11.4 Å². The number of anilines is 1. The Kier molecular flexibility index (Phi) is 2.77. The van der Waals surface area contributed by atoms with E-state index in [1.54, 1.807) is 0 Å². The minimum Gasteiger partial charge on any atom is -0.302 e. The SMILES string of the molecule is Cc1ccc(C2=CC3(C)CCC(=O)N3c3ccccc32)cc1. The molecule has 0 radical (unpaired) electrons. The van der Waals surface area contributed by atoms with Crippen molar-refractivity contribution in [2.75, 3.05) is 4.90 Å². The lowest BCUT2D eigenvalue weighted by atomic mass is 9.84. The van der Waals surface area contributed by atoms with E-state index >= 15 is 0 Å². The van der Waals surface area contributed by atoms with E-state index in [1.807, 2.05) is 17.0 Å². The van der Waals surface area contributed by atoms with Crippen LogP contribution in [-0.2, 0) is 4.79 Å². The highest BCUT2D eigenvalue weighted by atomic mass is 16.2. The van der Waals surface area contributed by atoms with Crippen LogP contribution in [0.25, 0.3) is 5.57 Å². The molecular formula is C20H19NO. The summed E-state index contributed by atoms with van der Waals surface area (Å²) in [7, 11) is 0. The second-order valence-electron chi connectivity index (χ2n) is 6.53. The van der Waals surface area contributed by atoms with E-state index in [4.69, 9.17) is 0 Å². The van der Waals surface area contributed by atoms with Crippen LogP contribution in [0.5, 0.6) is 0 Å². The van der Waals surface area contributed by atoms with Crippen LogP contribution in [0.15, 0.2) is 54.6 Å². The summed E-state index contributed by atoms with van der Waals surface area (Å²) in [5.41, 5.74) is 5.72. The van der Waals surface area contributed by atoms with Crippen molar-refractivity contribution in [1.82, 2.24) is 0 Å². The highest BCUT2D eigenvalue weighted by Gasteiger charge is 2.44. The molecule has 1 fully saturated rings. The third-order valence-electron chi connectivity index (χ3n) is 4.86. The Balaban J connectivity index is 1.95. The maximum absolute atomic E-state index is 12.4. The molecule has 2 heterocycles. The van der Waals surface area contributed by atoms with Gasteiger partial charge in [-0.1, -0.05) is 54.1 Å². The Hall–Kier alpha value is -2.35. The van der Waals surface area contributed by atoms with Crippen molar-refractivity contribution in [3.63, 3.8) is 0 Å². The number of rotatable bonds is 1. The Morgan fingerprint density at radius 3 is 2.55 bits per heavy atom. The number of fused-ring (bicyclic) bond motifs is 3. The highest BCUT2D eigenvalue weighted by Crippen LogP contribution is 2.46. The smallest absolute Gasteiger partial charge is 0.227 e. The first kappa shape index (κ1) is 13.3. The van der Waals surface area contributed by atoms with E-state index in [2.05, 4.69) is 56.3 Å². The predicted octanol–water partition coefficient (Wildman–Crippen LogP) is 4.33. The van der Waals surface area contributed by atoms with Gasteiger partial charge in [-0.25, -0.2) is 0 Å². The molecule has 2 heteroatoms. The second-order valence-corrected chi connectivity index (χ2v) is 6.53. The lowest BCUT2D eigenvalue weighted by molar-refractivity contribution is -0.117. The van der Waals surface area contributed by atoms with Gasteiger partial charge in [-0.2, -0.15) is 0 Å². The number of amides is 1. The standard InChI is InChI=1S/C20H19NO/c1-14-7-9-15(10-8-14)17-13-20(2)12-11-19(22)21(20)18-6-4-3-5-16(17)18/h3-10,13H,11-12H2,1-2H3. The number of para-hydroxylation sites is 1. The molecule has 0 aliphatic carbocycles. The lowest BCUT2D eigenvalue weighted by Crippen LogP contribution is -2.44. The van der Waals surface area contributed by atoms with Gasteiger partial charge in [0.05, 0.1) is 11.2 Å². The predicted molar refractivity (Wildman–Crippen MR) is 89.8 cm³/mol. The first-order chi connectivity index (χ1) is 10.6. The van der Waals surface area contributed by atoms with Gasteiger partial charge in [0, 0.05) is 12.0 Å². The van der Waals surface area contributed by atoms with Gasteiger partial charge in [-0.3, -0.25) is 4.79 Å². The molecule has 2 aromatic rings. The maximum Gasteiger partial charge on any atom is 0.227 e. The largest absolute Gasteiger partial charge is 0.302 e. The van der Waals surface area contributed by atoms with Crippen LogP contribution in [0.1, 0.15) is 36.5 Å². The molecule has 1 atom stereocenters. The summed E-state index contributed by atoms with van der Waals surface area (Å²) in [5.74, 6) is 0.231. The summed E-state index contributed by atoms with van der Waals surface area (Å²) in [4.78, 5) is 14.3. The van der Waals surface area contributed by atoms with Crippen molar-refractivity contribution >= 4 is 17.2 Å². The van der Waals surface area contributed by atoms with E-state index in [0.717, 1.165) is 17.7 Å². The summed E-state index contributed by atoms with van der Waals surface area (Å²) in [6.07, 6.45) is 3.79. The van der Waals surface area contributed by atoms with Gasteiger partial charge in [0.2, 0.25) is 5.91 Å². The Labute approximate surface area is 131 Å². The molecule has 0 spiro atoms. The van der Waals surface area contributed by atoms with Gasteiger partial charge >= 0.3 is 0 Å². The maximum atomic E-state index is 12.4. The molecule has 0 bridgehead atoms. The van der Waals surface area contributed by atoms with Crippen molar-refractivity contribution in [3.05, 3.63) is 71.3 Å². The summed E-state index contributed by atoms with van der Waals surface area (Å²) in [6.45, 7) is 4.27. The molecule has 22 heavy (non-hydrogen) atoms. The zero-order valence-electron chi connectivity index (χ0n) is 13.0. The molecule has 0 saturated carbocycles. The number of nitrogens with zero attached hydrogens (tertiary/aromatic N) is 1. The van der Waals surface area contributed by atoms with E-state index < -0.39 is 0 Å². The Morgan fingerprint density at radius 2 is 1.77 bits per heavy atom. The first-order valence-corrected chi connectivity index (χ1v) is 7.81. The van der Waals surface area contributed by atoms with Crippen LogP contribution in [0.3, 0.4) is 0 Å². The van der Waals surface area contributed by atoms with Crippen LogP contribution in [0.4, 0.5) is 5.69 Å². The Morgan fingerprint density at radius 1 is 1.05 bits per heavy atom. The fraction of sp³-hybridized carbons (Fsp3) is 0.250. The average molecular weight is 289 g/mol. The van der Waals surface area contributed by atoms with E-state index in [-0.39, 0.29) is 11.4 Å². The Bertz CT molecular complexity index is 788. The summed E-state index contributed by atoms with van der Waals surface area (Å²) >= 11 is 0. The molecule has 2 nitrogen and oxygen atoms in total. The number of carbonyl (C=O) groups excluding carboxylic acids is 1. The highest BCUT2D eigenvalue weighted by molar-refractivity contribution is 6.04. The summed E-state index contributed by atoms with van der Waals surface area (Å²) in [6, 6.07) is 16.9. The molecule has 1 amide bonds. The molecule has 0 N–H and O–H groups in total. The minimum absolute atomic E-state index is 0.203. The third kappa shape index (κ3) is 1.83. The number of benzene rings is 2. The molecule has 1 saturated heterocycles. The van der Waals surface area contributed by atoms with Crippen molar-refractivity contribution in [2.24, 2.45) is 0 Å². The van der Waals surface area contributed by atoms with Gasteiger partial charge in [0.1, 0.15) is 0 Å². The molecule has 2 aliphatic rings. The van der Waals surface area contributed by atoms with Crippen LogP contribution in [0, 0.1) is 6.92 Å². The van der Waals surface area contributed by atoms with Gasteiger partial charge in [-0.15, -0.1) is 0 Å².